The molecule has 4 heterocycles. The summed E-state index contributed by atoms with van der Waals surface area (Å²) in [5.41, 5.74) is -0.731. The predicted octanol–water partition coefficient (Wildman–Crippen LogP) is 1.41. The Bertz CT molecular complexity index is 1240. The third-order valence-electron chi connectivity index (χ3n) is 6.45. The second-order valence-electron chi connectivity index (χ2n) is 8.49. The van der Waals surface area contributed by atoms with Crippen molar-refractivity contribution in [3.63, 3.8) is 0 Å². The van der Waals surface area contributed by atoms with Gasteiger partial charge in [0, 0.05) is 32.0 Å². The number of carbonyl (C=O) groups is 1. The van der Waals surface area contributed by atoms with Crippen LogP contribution in [-0.2, 0) is 24.3 Å². The highest BCUT2D eigenvalue weighted by Crippen LogP contribution is 2.28. The van der Waals surface area contributed by atoms with Gasteiger partial charge >= 0.3 is 0 Å². The van der Waals surface area contributed by atoms with E-state index in [9.17, 15) is 14.4 Å². The Morgan fingerprint density at radius 2 is 1.87 bits per heavy atom. The Morgan fingerprint density at radius 3 is 2.74 bits per heavy atom. The molecule has 1 N–H and O–H groups in total. The van der Waals surface area contributed by atoms with Crippen molar-refractivity contribution in [2.45, 2.75) is 57.5 Å². The molecule has 0 saturated carbocycles. The zero-order chi connectivity index (χ0) is 21.4. The molecule has 3 aromatic rings. The lowest BCUT2D eigenvalue weighted by Crippen LogP contribution is -2.43. The molecule has 2 aliphatic heterocycles. The first-order valence-electron chi connectivity index (χ1n) is 11.0. The number of benzene rings is 1. The number of likely N-dealkylation sites (tertiary alicyclic amines) is 1. The SMILES string of the molecule is O=C(Cn1[nH]c(=O)c2ccccc2c1=O)N1CCCC(c2nnc3n2CCCCC3)C1. The summed E-state index contributed by atoms with van der Waals surface area (Å²) in [5.74, 6) is 2.00. The van der Waals surface area contributed by atoms with Gasteiger partial charge in [-0.15, -0.1) is 10.2 Å². The second kappa shape index (κ2) is 8.13. The molecule has 0 spiro atoms. The molecule has 1 aromatic carbocycles. The van der Waals surface area contributed by atoms with Crippen molar-refractivity contribution in [3.05, 3.63) is 56.6 Å². The Balaban J connectivity index is 1.36. The van der Waals surface area contributed by atoms with Crippen LogP contribution >= 0.6 is 0 Å². The Labute approximate surface area is 178 Å². The van der Waals surface area contributed by atoms with Crippen molar-refractivity contribution in [1.82, 2.24) is 29.4 Å². The lowest BCUT2D eigenvalue weighted by atomic mass is 9.97. The van der Waals surface area contributed by atoms with Gasteiger partial charge in [0.2, 0.25) is 5.91 Å². The van der Waals surface area contributed by atoms with Crippen molar-refractivity contribution in [2.75, 3.05) is 13.1 Å². The maximum absolute atomic E-state index is 13.0. The first kappa shape index (κ1) is 19.7. The third kappa shape index (κ3) is 3.68. The van der Waals surface area contributed by atoms with E-state index < -0.39 is 0 Å². The number of carbonyl (C=O) groups excluding carboxylic acids is 1. The number of aromatic nitrogens is 5. The second-order valence-corrected chi connectivity index (χ2v) is 8.49. The topological polar surface area (TPSA) is 106 Å². The fraction of sp³-hybridized carbons (Fsp3) is 0.500. The van der Waals surface area contributed by atoms with E-state index in [1.165, 1.54) is 6.42 Å². The molecule has 0 aliphatic carbocycles. The Morgan fingerprint density at radius 1 is 1.03 bits per heavy atom. The van der Waals surface area contributed by atoms with Gasteiger partial charge in [0.1, 0.15) is 18.2 Å². The molecule has 0 bridgehead atoms. The molecule has 1 saturated heterocycles. The lowest BCUT2D eigenvalue weighted by molar-refractivity contribution is -0.133. The van der Waals surface area contributed by atoms with E-state index in [1.807, 2.05) is 0 Å². The van der Waals surface area contributed by atoms with Crippen LogP contribution in [0.4, 0.5) is 0 Å². The molecule has 162 valence electrons. The van der Waals surface area contributed by atoms with E-state index in [4.69, 9.17) is 0 Å². The van der Waals surface area contributed by atoms with Crippen molar-refractivity contribution in [3.8, 4) is 0 Å². The number of hydrogen-bond acceptors (Lipinski definition) is 5. The van der Waals surface area contributed by atoms with Crippen LogP contribution in [0.25, 0.3) is 10.8 Å². The highest BCUT2D eigenvalue weighted by molar-refractivity contribution is 5.81. The van der Waals surface area contributed by atoms with Crippen molar-refractivity contribution in [1.29, 1.82) is 0 Å². The molecule has 0 radical (unpaired) electrons. The molecule has 1 amide bonds. The normalized spacial score (nSPS) is 19.2. The third-order valence-corrected chi connectivity index (χ3v) is 6.45. The summed E-state index contributed by atoms with van der Waals surface area (Å²) in [6.45, 7) is 1.96. The van der Waals surface area contributed by atoms with Crippen LogP contribution in [0, 0.1) is 0 Å². The molecule has 1 fully saturated rings. The monoisotopic (exact) mass is 422 g/mol. The van der Waals surface area contributed by atoms with Crippen LogP contribution < -0.4 is 11.1 Å². The molecule has 9 heteroatoms. The van der Waals surface area contributed by atoms with Crippen LogP contribution in [0.1, 0.15) is 49.7 Å². The highest BCUT2D eigenvalue weighted by Gasteiger charge is 2.29. The summed E-state index contributed by atoms with van der Waals surface area (Å²) in [6, 6.07) is 6.65. The zero-order valence-electron chi connectivity index (χ0n) is 17.4. The molecular formula is C22H26N6O3. The zero-order valence-corrected chi connectivity index (χ0v) is 17.4. The van der Waals surface area contributed by atoms with Crippen molar-refractivity contribution >= 4 is 16.7 Å². The Kier molecular flexibility index (Phi) is 5.17. The van der Waals surface area contributed by atoms with Crippen molar-refractivity contribution < 1.29 is 4.79 Å². The van der Waals surface area contributed by atoms with E-state index in [1.54, 1.807) is 29.2 Å². The average molecular weight is 422 g/mol. The first-order valence-corrected chi connectivity index (χ1v) is 11.0. The minimum atomic E-state index is -0.370. The summed E-state index contributed by atoms with van der Waals surface area (Å²) in [5, 5.41) is 12.1. The largest absolute Gasteiger partial charge is 0.340 e. The summed E-state index contributed by atoms with van der Waals surface area (Å²) in [7, 11) is 0. The number of piperidine rings is 1. The van der Waals surface area contributed by atoms with E-state index in [-0.39, 0.29) is 29.5 Å². The fourth-order valence-electron chi connectivity index (χ4n) is 4.82. The predicted molar refractivity (Wildman–Crippen MR) is 115 cm³/mol. The summed E-state index contributed by atoms with van der Waals surface area (Å²) in [4.78, 5) is 39.9. The molecule has 31 heavy (non-hydrogen) atoms. The van der Waals surface area contributed by atoms with Crippen LogP contribution in [0.3, 0.4) is 0 Å². The van der Waals surface area contributed by atoms with Gasteiger partial charge in [-0.3, -0.25) is 19.5 Å². The summed E-state index contributed by atoms with van der Waals surface area (Å²) in [6.07, 6.45) is 6.28. The van der Waals surface area contributed by atoms with E-state index >= 15 is 0 Å². The molecule has 9 nitrogen and oxygen atoms in total. The van der Waals surface area contributed by atoms with Gasteiger partial charge in [0.05, 0.1) is 10.8 Å². The Hall–Kier alpha value is -3.23. The maximum atomic E-state index is 13.0. The standard InChI is InChI=1S/C22H26N6O3/c29-19(14-28-22(31)17-9-4-3-8-16(17)21(30)25-28)26-11-6-7-15(13-26)20-24-23-18-10-2-1-5-12-27(18)20/h3-4,8-9,15H,1-2,5-7,10-14H2,(H,25,30). The minimum Gasteiger partial charge on any atom is -0.340 e. The lowest BCUT2D eigenvalue weighted by Gasteiger charge is -2.32. The van der Waals surface area contributed by atoms with Gasteiger partial charge in [-0.2, -0.15) is 0 Å². The number of amides is 1. The van der Waals surface area contributed by atoms with Crippen molar-refractivity contribution in [2.24, 2.45) is 0 Å². The van der Waals surface area contributed by atoms with E-state index in [0.717, 1.165) is 55.0 Å². The van der Waals surface area contributed by atoms with E-state index in [2.05, 4.69) is 19.9 Å². The van der Waals surface area contributed by atoms with Gasteiger partial charge in [-0.25, -0.2) is 4.68 Å². The van der Waals surface area contributed by atoms with E-state index in [0.29, 0.717) is 23.9 Å². The number of hydrogen-bond donors (Lipinski definition) is 1. The molecule has 2 aliphatic rings. The first-order chi connectivity index (χ1) is 15.1. The highest BCUT2D eigenvalue weighted by atomic mass is 16.2. The number of aryl methyl sites for hydroxylation is 1. The number of H-pyrrole nitrogens is 1. The summed E-state index contributed by atoms with van der Waals surface area (Å²) >= 11 is 0. The van der Waals surface area contributed by atoms with Crippen LogP contribution in [0.15, 0.2) is 33.9 Å². The smallest absolute Gasteiger partial charge is 0.273 e. The number of nitrogens with one attached hydrogen (secondary N) is 1. The molecule has 5 rings (SSSR count). The van der Waals surface area contributed by atoms with Gasteiger partial charge in [0.15, 0.2) is 0 Å². The van der Waals surface area contributed by atoms with Gasteiger partial charge in [-0.05, 0) is 37.8 Å². The van der Waals surface area contributed by atoms with Crippen LogP contribution in [0.5, 0.6) is 0 Å². The summed E-state index contributed by atoms with van der Waals surface area (Å²) < 4.78 is 3.37. The van der Waals surface area contributed by atoms with Gasteiger partial charge in [0.25, 0.3) is 11.1 Å². The quantitative estimate of drug-likeness (QED) is 0.687. The van der Waals surface area contributed by atoms with Crippen LogP contribution in [0.2, 0.25) is 0 Å². The molecule has 2 aromatic heterocycles. The number of rotatable bonds is 3. The molecular weight excluding hydrogens is 396 g/mol. The minimum absolute atomic E-state index is 0.143. The molecule has 1 unspecified atom stereocenters. The number of aromatic amines is 1. The fourth-order valence-corrected chi connectivity index (χ4v) is 4.82. The average Bonchev–Trinajstić information content (AvgIpc) is 3.05. The maximum Gasteiger partial charge on any atom is 0.273 e. The van der Waals surface area contributed by atoms with Gasteiger partial charge < -0.3 is 9.47 Å². The number of fused-ring (bicyclic) bond motifs is 2. The molecule has 1 atom stereocenters. The number of nitrogens with zero attached hydrogens (tertiary/aromatic N) is 5. The van der Waals surface area contributed by atoms with Crippen LogP contribution in [-0.4, -0.2) is 48.4 Å². The van der Waals surface area contributed by atoms with Gasteiger partial charge in [-0.1, -0.05) is 18.6 Å².